The molecular weight excluding hydrogens is 299 g/mol. The van der Waals surface area contributed by atoms with Gasteiger partial charge in [0.15, 0.2) is 0 Å². The fraction of sp³-hybridized carbons (Fsp3) is 0.364. The number of halogens is 2. The van der Waals surface area contributed by atoms with Crippen LogP contribution in [0, 0.1) is 0 Å². The molecule has 0 atom stereocenters. The first kappa shape index (κ1) is 15.3. The Morgan fingerprint density at radius 1 is 1.22 bits per heavy atom. The van der Waals surface area contributed by atoms with Gasteiger partial charge >= 0.3 is 5.97 Å². The van der Waals surface area contributed by atoms with Crippen LogP contribution in [-0.4, -0.2) is 20.0 Å². The van der Waals surface area contributed by atoms with Crippen molar-refractivity contribution in [2.45, 2.75) is 31.3 Å². The van der Waals surface area contributed by atoms with Gasteiger partial charge in [-0.2, -0.15) is 0 Å². The average molecular weight is 311 g/mol. The fourth-order valence-electron chi connectivity index (χ4n) is 1.16. The lowest BCUT2D eigenvalue weighted by Gasteiger charge is -2.19. The summed E-state index contributed by atoms with van der Waals surface area (Å²) < 4.78 is 27.5. The first-order valence-electron chi connectivity index (χ1n) is 4.98. The van der Waals surface area contributed by atoms with Gasteiger partial charge in [0.1, 0.15) is 5.60 Å². The SMILES string of the molecule is CC(C)(C)OC(=O)c1cc(Cl)cc(S(=O)(=O)Cl)c1. The van der Waals surface area contributed by atoms with Crippen molar-refractivity contribution in [3.8, 4) is 0 Å². The molecule has 0 aliphatic rings. The lowest BCUT2D eigenvalue weighted by Crippen LogP contribution is -2.24. The van der Waals surface area contributed by atoms with Crippen molar-refractivity contribution >= 4 is 37.3 Å². The van der Waals surface area contributed by atoms with E-state index in [1.807, 2.05) is 0 Å². The van der Waals surface area contributed by atoms with Gasteiger partial charge in [-0.1, -0.05) is 11.6 Å². The highest BCUT2D eigenvalue weighted by atomic mass is 35.7. The van der Waals surface area contributed by atoms with Crippen LogP contribution in [0.2, 0.25) is 5.02 Å². The number of carbonyl (C=O) groups is 1. The molecule has 18 heavy (non-hydrogen) atoms. The van der Waals surface area contributed by atoms with Crippen molar-refractivity contribution in [1.82, 2.24) is 0 Å². The molecule has 1 aromatic rings. The smallest absolute Gasteiger partial charge is 0.338 e. The lowest BCUT2D eigenvalue weighted by atomic mass is 10.1. The fourth-order valence-corrected chi connectivity index (χ4v) is 2.26. The van der Waals surface area contributed by atoms with Crippen LogP contribution in [-0.2, 0) is 13.8 Å². The normalized spacial score (nSPS) is 12.3. The first-order chi connectivity index (χ1) is 7.99. The van der Waals surface area contributed by atoms with Crippen molar-refractivity contribution in [2.24, 2.45) is 0 Å². The van der Waals surface area contributed by atoms with E-state index in [1.165, 1.54) is 6.07 Å². The van der Waals surface area contributed by atoms with Crippen LogP contribution < -0.4 is 0 Å². The average Bonchev–Trinajstić information content (AvgIpc) is 2.12. The van der Waals surface area contributed by atoms with Gasteiger partial charge in [0.25, 0.3) is 9.05 Å². The van der Waals surface area contributed by atoms with Crippen molar-refractivity contribution < 1.29 is 17.9 Å². The van der Waals surface area contributed by atoms with Gasteiger partial charge in [0.2, 0.25) is 0 Å². The molecule has 1 aromatic carbocycles. The molecule has 0 amide bonds. The number of carbonyl (C=O) groups excluding carboxylic acids is 1. The van der Waals surface area contributed by atoms with Gasteiger partial charge in [-0.25, -0.2) is 13.2 Å². The molecule has 0 radical (unpaired) electrons. The third kappa shape index (κ3) is 4.48. The Labute approximate surface area is 115 Å². The van der Waals surface area contributed by atoms with Crippen molar-refractivity contribution in [3.63, 3.8) is 0 Å². The Kier molecular flexibility index (Phi) is 4.30. The number of benzene rings is 1. The van der Waals surface area contributed by atoms with E-state index in [2.05, 4.69) is 0 Å². The number of hydrogen-bond acceptors (Lipinski definition) is 4. The van der Waals surface area contributed by atoms with Gasteiger partial charge in [-0.15, -0.1) is 0 Å². The summed E-state index contributed by atoms with van der Waals surface area (Å²) in [4.78, 5) is 11.5. The van der Waals surface area contributed by atoms with Crippen LogP contribution in [0.1, 0.15) is 31.1 Å². The molecule has 0 N–H and O–H groups in total. The molecule has 0 heterocycles. The van der Waals surface area contributed by atoms with E-state index in [1.54, 1.807) is 20.8 Å². The maximum Gasteiger partial charge on any atom is 0.338 e. The quantitative estimate of drug-likeness (QED) is 0.621. The molecule has 0 aliphatic carbocycles. The van der Waals surface area contributed by atoms with E-state index >= 15 is 0 Å². The molecule has 0 aliphatic heterocycles. The molecule has 0 spiro atoms. The second-order valence-electron chi connectivity index (χ2n) is 4.62. The molecule has 100 valence electrons. The summed E-state index contributed by atoms with van der Waals surface area (Å²) in [7, 11) is 1.26. The Morgan fingerprint density at radius 3 is 2.22 bits per heavy atom. The zero-order valence-electron chi connectivity index (χ0n) is 10.0. The molecular formula is C11H12Cl2O4S. The monoisotopic (exact) mass is 310 g/mol. The van der Waals surface area contributed by atoms with Crippen LogP contribution in [0.25, 0.3) is 0 Å². The lowest BCUT2D eigenvalue weighted by molar-refractivity contribution is 0.00692. The van der Waals surface area contributed by atoms with Gasteiger partial charge < -0.3 is 4.74 Å². The van der Waals surface area contributed by atoms with Gasteiger partial charge in [0.05, 0.1) is 10.5 Å². The number of rotatable bonds is 2. The van der Waals surface area contributed by atoms with Crippen molar-refractivity contribution in [3.05, 3.63) is 28.8 Å². The van der Waals surface area contributed by atoms with Crippen LogP contribution in [0.5, 0.6) is 0 Å². The molecule has 0 fully saturated rings. The van der Waals surface area contributed by atoms with E-state index in [0.717, 1.165) is 12.1 Å². The van der Waals surface area contributed by atoms with Gasteiger partial charge in [-0.05, 0) is 39.0 Å². The van der Waals surface area contributed by atoms with Crippen molar-refractivity contribution in [1.29, 1.82) is 0 Å². The number of ether oxygens (including phenoxy) is 1. The summed E-state index contributed by atoms with van der Waals surface area (Å²) in [5, 5.41) is 0.0950. The molecule has 0 aromatic heterocycles. The second-order valence-corrected chi connectivity index (χ2v) is 7.62. The van der Waals surface area contributed by atoms with E-state index in [4.69, 9.17) is 27.0 Å². The maximum absolute atomic E-state index is 11.8. The summed E-state index contributed by atoms with van der Waals surface area (Å²) in [6.07, 6.45) is 0. The topological polar surface area (TPSA) is 60.4 Å². The Morgan fingerprint density at radius 2 is 1.78 bits per heavy atom. The maximum atomic E-state index is 11.8. The molecule has 0 bridgehead atoms. The predicted octanol–water partition coefficient (Wildman–Crippen LogP) is 3.22. The largest absolute Gasteiger partial charge is 0.456 e. The summed E-state index contributed by atoms with van der Waals surface area (Å²) in [6.45, 7) is 5.11. The number of esters is 1. The Hall–Kier alpha value is -0.780. The van der Waals surface area contributed by atoms with Crippen LogP contribution in [0.3, 0.4) is 0 Å². The van der Waals surface area contributed by atoms with Gasteiger partial charge in [-0.3, -0.25) is 0 Å². The zero-order valence-corrected chi connectivity index (χ0v) is 12.4. The third-order valence-electron chi connectivity index (χ3n) is 1.79. The van der Waals surface area contributed by atoms with Crippen LogP contribution >= 0.6 is 22.3 Å². The minimum absolute atomic E-state index is 0.0386. The minimum atomic E-state index is -3.95. The number of hydrogen-bond donors (Lipinski definition) is 0. The molecule has 0 unspecified atom stereocenters. The van der Waals surface area contributed by atoms with E-state index in [0.29, 0.717) is 0 Å². The molecule has 0 saturated carbocycles. The summed E-state index contributed by atoms with van der Waals surface area (Å²) in [5.41, 5.74) is -0.643. The highest BCUT2D eigenvalue weighted by Gasteiger charge is 2.20. The van der Waals surface area contributed by atoms with E-state index in [-0.39, 0.29) is 15.5 Å². The minimum Gasteiger partial charge on any atom is -0.456 e. The summed E-state index contributed by atoms with van der Waals surface area (Å²) in [6, 6.07) is 3.61. The van der Waals surface area contributed by atoms with Crippen molar-refractivity contribution in [2.75, 3.05) is 0 Å². The second kappa shape index (κ2) is 5.07. The van der Waals surface area contributed by atoms with Gasteiger partial charge in [0, 0.05) is 15.7 Å². The zero-order chi connectivity index (χ0) is 14.1. The summed E-state index contributed by atoms with van der Waals surface area (Å²) >= 11 is 5.74. The molecule has 0 saturated heterocycles. The highest BCUT2D eigenvalue weighted by Crippen LogP contribution is 2.23. The van der Waals surface area contributed by atoms with Crippen LogP contribution in [0.4, 0.5) is 0 Å². The molecule has 1 rings (SSSR count). The van der Waals surface area contributed by atoms with E-state index < -0.39 is 20.6 Å². The Balaban J connectivity index is 3.19. The first-order valence-corrected chi connectivity index (χ1v) is 7.66. The predicted molar refractivity (Wildman–Crippen MR) is 69.7 cm³/mol. The molecule has 4 nitrogen and oxygen atoms in total. The molecule has 7 heteroatoms. The van der Waals surface area contributed by atoms with Crippen LogP contribution in [0.15, 0.2) is 23.1 Å². The Bertz CT molecular complexity index is 573. The third-order valence-corrected chi connectivity index (χ3v) is 3.34. The summed E-state index contributed by atoms with van der Waals surface area (Å²) in [5.74, 6) is -0.661. The van der Waals surface area contributed by atoms with E-state index in [9.17, 15) is 13.2 Å². The highest BCUT2D eigenvalue weighted by molar-refractivity contribution is 8.13. The standard InChI is InChI=1S/C11H12Cl2O4S/c1-11(2,3)17-10(14)7-4-8(12)6-9(5-7)18(13,15)16/h4-6H,1-3H3.